The zero-order valence-electron chi connectivity index (χ0n) is 13.3. The molecule has 0 saturated heterocycles. The molecule has 106 valence electrons. The minimum absolute atomic E-state index is 0.343. The molecule has 2 aliphatic rings. The molecule has 0 spiro atoms. The molecule has 18 heavy (non-hydrogen) atoms. The Bertz CT molecular complexity index is 296. The first-order valence-electron chi connectivity index (χ1n) is 7.90. The SMILES string of the molecule is CCC1C(C)CCC2C(C)(C)C(OC)CCC12C. The lowest BCUT2D eigenvalue weighted by Crippen LogP contribution is -2.56. The molecule has 1 nitrogen and oxygen atoms in total. The average Bonchev–Trinajstić information content (AvgIpc) is 2.28. The highest BCUT2D eigenvalue weighted by atomic mass is 16.5. The van der Waals surface area contributed by atoms with Gasteiger partial charge in [-0.15, -0.1) is 0 Å². The monoisotopic (exact) mass is 252 g/mol. The first-order chi connectivity index (χ1) is 8.37. The van der Waals surface area contributed by atoms with Gasteiger partial charge in [0.1, 0.15) is 0 Å². The standard InChI is InChI=1S/C17H32O/c1-7-13-12(2)8-9-14-16(3,4)15(18-6)10-11-17(13,14)5/h12-15H,7-11H2,1-6H3. The Morgan fingerprint density at radius 1 is 1.11 bits per heavy atom. The molecule has 0 aromatic heterocycles. The Balaban J connectivity index is 2.32. The maximum absolute atomic E-state index is 5.80. The Labute approximate surface area is 114 Å². The van der Waals surface area contributed by atoms with Crippen molar-refractivity contribution in [1.82, 2.24) is 0 Å². The summed E-state index contributed by atoms with van der Waals surface area (Å²) in [6.07, 6.45) is 7.24. The van der Waals surface area contributed by atoms with Crippen molar-refractivity contribution in [2.75, 3.05) is 7.11 Å². The first kappa shape index (κ1) is 14.4. The molecular formula is C17H32O. The summed E-state index contributed by atoms with van der Waals surface area (Å²) in [6.45, 7) is 12.3. The van der Waals surface area contributed by atoms with E-state index >= 15 is 0 Å². The number of hydrogen-bond donors (Lipinski definition) is 0. The average molecular weight is 252 g/mol. The largest absolute Gasteiger partial charge is 0.381 e. The Morgan fingerprint density at radius 3 is 2.33 bits per heavy atom. The van der Waals surface area contributed by atoms with Gasteiger partial charge in [-0.2, -0.15) is 0 Å². The van der Waals surface area contributed by atoms with E-state index < -0.39 is 0 Å². The van der Waals surface area contributed by atoms with Gasteiger partial charge in [0.2, 0.25) is 0 Å². The van der Waals surface area contributed by atoms with Crippen molar-refractivity contribution in [1.29, 1.82) is 0 Å². The van der Waals surface area contributed by atoms with Crippen LogP contribution < -0.4 is 0 Å². The summed E-state index contributed by atoms with van der Waals surface area (Å²) < 4.78 is 5.80. The van der Waals surface area contributed by atoms with Gasteiger partial charge in [-0.1, -0.05) is 47.5 Å². The van der Waals surface area contributed by atoms with Crippen LogP contribution in [0.5, 0.6) is 0 Å². The molecule has 2 aliphatic carbocycles. The quantitative estimate of drug-likeness (QED) is 0.679. The predicted octanol–water partition coefficient (Wildman–Crippen LogP) is 4.90. The summed E-state index contributed by atoms with van der Waals surface area (Å²) in [7, 11) is 1.90. The Morgan fingerprint density at radius 2 is 1.78 bits per heavy atom. The molecule has 2 rings (SSSR count). The molecule has 0 radical (unpaired) electrons. The van der Waals surface area contributed by atoms with Crippen LogP contribution in [0.15, 0.2) is 0 Å². The van der Waals surface area contributed by atoms with Crippen LogP contribution in [-0.4, -0.2) is 13.2 Å². The van der Waals surface area contributed by atoms with E-state index in [9.17, 15) is 0 Å². The fourth-order valence-electron chi connectivity index (χ4n) is 5.78. The van der Waals surface area contributed by atoms with Gasteiger partial charge >= 0.3 is 0 Å². The molecule has 5 unspecified atom stereocenters. The lowest BCUT2D eigenvalue weighted by molar-refractivity contribution is -0.158. The van der Waals surface area contributed by atoms with Crippen LogP contribution in [0.25, 0.3) is 0 Å². The van der Waals surface area contributed by atoms with E-state index in [-0.39, 0.29) is 0 Å². The number of fused-ring (bicyclic) bond motifs is 1. The van der Waals surface area contributed by atoms with Gasteiger partial charge in [0.25, 0.3) is 0 Å². The fraction of sp³-hybridized carbons (Fsp3) is 1.00. The maximum atomic E-state index is 5.80. The zero-order valence-corrected chi connectivity index (χ0v) is 13.3. The fourth-order valence-corrected chi connectivity index (χ4v) is 5.78. The van der Waals surface area contributed by atoms with E-state index in [0.29, 0.717) is 16.9 Å². The minimum Gasteiger partial charge on any atom is -0.381 e. The lowest BCUT2D eigenvalue weighted by Gasteiger charge is -2.61. The summed E-state index contributed by atoms with van der Waals surface area (Å²) in [4.78, 5) is 0. The van der Waals surface area contributed by atoms with Gasteiger partial charge in [0, 0.05) is 7.11 Å². The van der Waals surface area contributed by atoms with Crippen LogP contribution in [0.2, 0.25) is 0 Å². The molecule has 0 aliphatic heterocycles. The molecule has 0 aromatic carbocycles. The molecule has 2 fully saturated rings. The molecule has 0 N–H and O–H groups in total. The Hall–Kier alpha value is -0.0400. The van der Waals surface area contributed by atoms with Crippen LogP contribution in [0, 0.1) is 28.6 Å². The van der Waals surface area contributed by atoms with Gasteiger partial charge in [0.15, 0.2) is 0 Å². The summed E-state index contributed by atoms with van der Waals surface area (Å²) in [6, 6.07) is 0. The van der Waals surface area contributed by atoms with Crippen LogP contribution >= 0.6 is 0 Å². The Kier molecular flexibility index (Phi) is 3.84. The molecular weight excluding hydrogens is 220 g/mol. The van der Waals surface area contributed by atoms with E-state index in [4.69, 9.17) is 4.74 Å². The zero-order chi connectivity index (χ0) is 13.6. The predicted molar refractivity (Wildman–Crippen MR) is 77.6 cm³/mol. The molecule has 2 saturated carbocycles. The second-order valence-corrected chi connectivity index (χ2v) is 7.71. The van der Waals surface area contributed by atoms with E-state index in [2.05, 4.69) is 34.6 Å². The second-order valence-electron chi connectivity index (χ2n) is 7.71. The van der Waals surface area contributed by atoms with Gasteiger partial charge < -0.3 is 4.74 Å². The molecule has 1 heteroatoms. The summed E-state index contributed by atoms with van der Waals surface area (Å²) in [5.41, 5.74) is 0.889. The van der Waals surface area contributed by atoms with Gasteiger partial charge in [0.05, 0.1) is 6.10 Å². The van der Waals surface area contributed by atoms with Gasteiger partial charge in [-0.3, -0.25) is 0 Å². The van der Waals surface area contributed by atoms with Crippen LogP contribution in [0.1, 0.15) is 66.7 Å². The second kappa shape index (κ2) is 4.81. The van der Waals surface area contributed by atoms with E-state index in [1.807, 2.05) is 7.11 Å². The van der Waals surface area contributed by atoms with Crippen molar-refractivity contribution in [2.24, 2.45) is 28.6 Å². The third kappa shape index (κ3) is 1.94. The minimum atomic E-state index is 0.343. The summed E-state index contributed by atoms with van der Waals surface area (Å²) in [5, 5.41) is 0. The molecule has 0 aromatic rings. The molecule has 0 heterocycles. The summed E-state index contributed by atoms with van der Waals surface area (Å²) in [5.74, 6) is 2.66. The lowest BCUT2D eigenvalue weighted by atomic mass is 9.45. The van der Waals surface area contributed by atoms with Crippen LogP contribution in [-0.2, 0) is 4.74 Å². The highest BCUT2D eigenvalue weighted by Crippen LogP contribution is 2.62. The van der Waals surface area contributed by atoms with Gasteiger partial charge in [-0.25, -0.2) is 0 Å². The number of hydrogen-bond acceptors (Lipinski definition) is 1. The number of methoxy groups -OCH3 is 1. The highest BCUT2D eigenvalue weighted by Gasteiger charge is 2.56. The van der Waals surface area contributed by atoms with Crippen molar-refractivity contribution in [3.05, 3.63) is 0 Å². The highest BCUT2D eigenvalue weighted by molar-refractivity contribution is 5.05. The number of rotatable bonds is 2. The topological polar surface area (TPSA) is 9.23 Å². The van der Waals surface area contributed by atoms with Crippen molar-refractivity contribution in [2.45, 2.75) is 72.8 Å². The smallest absolute Gasteiger partial charge is 0.0625 e. The third-order valence-corrected chi connectivity index (χ3v) is 6.64. The maximum Gasteiger partial charge on any atom is 0.0625 e. The number of ether oxygens (including phenoxy) is 1. The van der Waals surface area contributed by atoms with E-state index in [1.54, 1.807) is 0 Å². The molecule has 5 atom stereocenters. The molecule has 0 bridgehead atoms. The van der Waals surface area contributed by atoms with Crippen molar-refractivity contribution >= 4 is 0 Å². The van der Waals surface area contributed by atoms with Crippen molar-refractivity contribution in [3.63, 3.8) is 0 Å². The summed E-state index contributed by atoms with van der Waals surface area (Å²) >= 11 is 0. The van der Waals surface area contributed by atoms with E-state index in [1.165, 1.54) is 32.1 Å². The first-order valence-corrected chi connectivity index (χ1v) is 7.90. The van der Waals surface area contributed by atoms with Crippen LogP contribution in [0.3, 0.4) is 0 Å². The van der Waals surface area contributed by atoms with Crippen molar-refractivity contribution < 1.29 is 4.74 Å². The third-order valence-electron chi connectivity index (χ3n) is 6.64. The van der Waals surface area contributed by atoms with Gasteiger partial charge in [-0.05, 0) is 47.8 Å². The van der Waals surface area contributed by atoms with Crippen LogP contribution in [0.4, 0.5) is 0 Å². The molecule has 0 amide bonds. The van der Waals surface area contributed by atoms with Crippen molar-refractivity contribution in [3.8, 4) is 0 Å². The normalized spacial score (nSPS) is 47.7. The van der Waals surface area contributed by atoms with E-state index in [0.717, 1.165) is 17.8 Å².